The minimum absolute atomic E-state index is 0.574. The van der Waals surface area contributed by atoms with Gasteiger partial charge in [-0.15, -0.1) is 0 Å². The highest BCUT2D eigenvalue weighted by Gasteiger charge is 2.02. The fourth-order valence-electron chi connectivity index (χ4n) is 0.737. The molecule has 0 spiro atoms. The largest absolute Gasteiger partial charge is 0.463 e. The van der Waals surface area contributed by atoms with Crippen LogP contribution >= 0.6 is 0 Å². The van der Waals surface area contributed by atoms with Crippen LogP contribution in [0.1, 0.15) is 19.1 Å². The lowest BCUT2D eigenvalue weighted by atomic mass is 10.2. The lowest BCUT2D eigenvalue weighted by Crippen LogP contribution is -1.95. The smallest absolute Gasteiger partial charge is 0.151 e. The molecule has 1 aromatic rings. The number of hydrogen-bond donors (Lipinski definition) is 1. The molecule has 0 aliphatic heterocycles. The normalized spacial score (nSPS) is 11.9. The van der Waals surface area contributed by atoms with Crippen molar-refractivity contribution < 1.29 is 9.62 Å². The quantitative estimate of drug-likeness (QED) is 0.386. The van der Waals surface area contributed by atoms with Crippen molar-refractivity contribution in [1.29, 1.82) is 0 Å². The molecule has 3 heteroatoms. The van der Waals surface area contributed by atoms with Gasteiger partial charge in [0.1, 0.15) is 5.71 Å². The van der Waals surface area contributed by atoms with Crippen molar-refractivity contribution in [2.24, 2.45) is 5.16 Å². The van der Waals surface area contributed by atoms with Crippen LogP contribution in [0.5, 0.6) is 0 Å². The zero-order valence-electron chi connectivity index (χ0n) is 5.74. The average molecular weight is 139 g/mol. The summed E-state index contributed by atoms with van der Waals surface area (Å²) in [7, 11) is 0. The van der Waals surface area contributed by atoms with E-state index in [1.165, 1.54) is 0 Å². The first kappa shape index (κ1) is 6.86. The maximum atomic E-state index is 8.43. The van der Waals surface area contributed by atoms with Crippen molar-refractivity contribution in [2.45, 2.75) is 13.3 Å². The summed E-state index contributed by atoms with van der Waals surface area (Å²) < 4.78 is 4.99. The summed E-state index contributed by atoms with van der Waals surface area (Å²) in [6, 6.07) is 3.52. The van der Waals surface area contributed by atoms with Gasteiger partial charge >= 0.3 is 0 Å². The summed E-state index contributed by atoms with van der Waals surface area (Å²) in [4.78, 5) is 0. The van der Waals surface area contributed by atoms with Crippen LogP contribution in [0.25, 0.3) is 0 Å². The van der Waals surface area contributed by atoms with Crippen LogP contribution in [-0.2, 0) is 0 Å². The number of oxime groups is 1. The molecule has 1 aromatic heterocycles. The summed E-state index contributed by atoms with van der Waals surface area (Å²) in [5, 5.41) is 11.5. The highest BCUT2D eigenvalue weighted by atomic mass is 16.4. The van der Waals surface area contributed by atoms with Crippen molar-refractivity contribution >= 4 is 5.71 Å². The molecular formula is C7H9NO2. The number of nitrogens with zero attached hydrogens (tertiary/aromatic N) is 1. The van der Waals surface area contributed by atoms with Gasteiger partial charge in [-0.3, -0.25) is 0 Å². The Labute approximate surface area is 59.0 Å². The van der Waals surface area contributed by atoms with Crippen LogP contribution in [-0.4, -0.2) is 10.9 Å². The first-order chi connectivity index (χ1) is 4.88. The van der Waals surface area contributed by atoms with Crippen molar-refractivity contribution in [3.05, 3.63) is 24.2 Å². The Bertz CT molecular complexity index is 214. The van der Waals surface area contributed by atoms with E-state index in [0.29, 0.717) is 17.9 Å². The Morgan fingerprint density at radius 1 is 1.80 bits per heavy atom. The van der Waals surface area contributed by atoms with Gasteiger partial charge in [0.05, 0.1) is 6.26 Å². The molecule has 0 fully saturated rings. The topological polar surface area (TPSA) is 45.7 Å². The Hall–Kier alpha value is -1.25. The van der Waals surface area contributed by atoms with E-state index in [-0.39, 0.29) is 0 Å². The maximum Gasteiger partial charge on any atom is 0.151 e. The molecule has 0 amide bonds. The molecule has 1 heterocycles. The fourth-order valence-corrected chi connectivity index (χ4v) is 0.737. The average Bonchev–Trinajstić information content (AvgIpc) is 2.43. The molecule has 1 N–H and O–H groups in total. The zero-order valence-corrected chi connectivity index (χ0v) is 5.74. The third-order valence-electron chi connectivity index (χ3n) is 1.26. The van der Waals surface area contributed by atoms with Gasteiger partial charge in [0.25, 0.3) is 0 Å². The lowest BCUT2D eigenvalue weighted by molar-refractivity contribution is 0.316. The van der Waals surface area contributed by atoms with Crippen LogP contribution in [0, 0.1) is 0 Å². The summed E-state index contributed by atoms with van der Waals surface area (Å²) in [5.74, 6) is 0.630. The summed E-state index contributed by atoms with van der Waals surface area (Å²) in [6.45, 7) is 1.90. The van der Waals surface area contributed by atoms with Crippen molar-refractivity contribution in [3.63, 3.8) is 0 Å². The molecule has 1 rings (SSSR count). The zero-order chi connectivity index (χ0) is 7.40. The Balaban J connectivity index is 2.85. The third kappa shape index (κ3) is 1.18. The molecule has 3 nitrogen and oxygen atoms in total. The van der Waals surface area contributed by atoms with E-state index in [2.05, 4.69) is 5.16 Å². The molecule has 0 bridgehead atoms. The van der Waals surface area contributed by atoms with Gasteiger partial charge in [-0.05, 0) is 18.6 Å². The molecule has 10 heavy (non-hydrogen) atoms. The summed E-state index contributed by atoms with van der Waals surface area (Å²) >= 11 is 0. The predicted molar refractivity (Wildman–Crippen MR) is 37.3 cm³/mol. The van der Waals surface area contributed by atoms with Crippen molar-refractivity contribution in [1.82, 2.24) is 0 Å². The Morgan fingerprint density at radius 3 is 3.00 bits per heavy atom. The highest BCUT2D eigenvalue weighted by molar-refractivity contribution is 5.97. The third-order valence-corrected chi connectivity index (χ3v) is 1.26. The standard InChI is InChI=1S/C7H9NO2/c1-2-6(8-9)7-4-3-5-10-7/h3-5,9H,2H2,1H3/b8-6-. The second kappa shape index (κ2) is 3.06. The number of hydrogen-bond acceptors (Lipinski definition) is 3. The maximum absolute atomic E-state index is 8.43. The van der Waals surface area contributed by atoms with Gasteiger partial charge in [0.15, 0.2) is 5.76 Å². The number of rotatable bonds is 2. The molecule has 0 aliphatic carbocycles. The predicted octanol–water partition coefficient (Wildman–Crippen LogP) is 1.87. The Kier molecular flexibility index (Phi) is 2.10. The van der Waals surface area contributed by atoms with E-state index >= 15 is 0 Å². The molecule has 0 saturated carbocycles. The first-order valence-corrected chi connectivity index (χ1v) is 3.13. The molecule has 0 aromatic carbocycles. The molecule has 0 unspecified atom stereocenters. The minimum Gasteiger partial charge on any atom is -0.463 e. The number of furan rings is 1. The Morgan fingerprint density at radius 2 is 2.60 bits per heavy atom. The molecule has 0 radical (unpaired) electrons. The van der Waals surface area contributed by atoms with Gasteiger partial charge < -0.3 is 9.62 Å². The van der Waals surface area contributed by atoms with Crippen LogP contribution in [0.4, 0.5) is 0 Å². The molecule has 0 atom stereocenters. The SMILES string of the molecule is CC/C(=N/O)c1ccco1. The molecule has 54 valence electrons. The van der Waals surface area contributed by atoms with Crippen LogP contribution in [0.15, 0.2) is 28.0 Å². The van der Waals surface area contributed by atoms with Gasteiger partial charge in [-0.25, -0.2) is 0 Å². The minimum atomic E-state index is 0.574. The first-order valence-electron chi connectivity index (χ1n) is 3.13. The van der Waals surface area contributed by atoms with Crippen molar-refractivity contribution in [3.8, 4) is 0 Å². The van der Waals surface area contributed by atoms with E-state index in [0.717, 1.165) is 0 Å². The molecule has 0 saturated heterocycles. The van der Waals surface area contributed by atoms with E-state index in [9.17, 15) is 0 Å². The van der Waals surface area contributed by atoms with Gasteiger partial charge in [0, 0.05) is 0 Å². The fraction of sp³-hybridized carbons (Fsp3) is 0.286. The van der Waals surface area contributed by atoms with E-state index < -0.39 is 0 Å². The van der Waals surface area contributed by atoms with Crippen molar-refractivity contribution in [2.75, 3.05) is 0 Å². The van der Waals surface area contributed by atoms with E-state index in [1.807, 2.05) is 6.92 Å². The second-order valence-corrected chi connectivity index (χ2v) is 1.88. The molecule has 0 aliphatic rings. The second-order valence-electron chi connectivity index (χ2n) is 1.88. The van der Waals surface area contributed by atoms with Crippen LogP contribution in [0.2, 0.25) is 0 Å². The van der Waals surface area contributed by atoms with Crippen LogP contribution in [0.3, 0.4) is 0 Å². The van der Waals surface area contributed by atoms with E-state index in [4.69, 9.17) is 9.62 Å². The van der Waals surface area contributed by atoms with Crippen LogP contribution < -0.4 is 0 Å². The van der Waals surface area contributed by atoms with Gasteiger partial charge in [-0.1, -0.05) is 12.1 Å². The lowest BCUT2D eigenvalue weighted by Gasteiger charge is -1.92. The highest BCUT2D eigenvalue weighted by Crippen LogP contribution is 2.04. The van der Waals surface area contributed by atoms with Gasteiger partial charge in [-0.2, -0.15) is 0 Å². The summed E-state index contributed by atoms with van der Waals surface area (Å²) in [6.07, 6.45) is 2.22. The summed E-state index contributed by atoms with van der Waals surface area (Å²) in [5.41, 5.74) is 0.574. The monoisotopic (exact) mass is 139 g/mol. The molecular weight excluding hydrogens is 130 g/mol. The van der Waals surface area contributed by atoms with E-state index in [1.54, 1.807) is 18.4 Å². The van der Waals surface area contributed by atoms with Gasteiger partial charge in [0.2, 0.25) is 0 Å².